The predicted octanol–water partition coefficient (Wildman–Crippen LogP) is -1.13. The molecule has 0 radical (unpaired) electrons. The summed E-state index contributed by atoms with van der Waals surface area (Å²) in [5, 5.41) is 0. The summed E-state index contributed by atoms with van der Waals surface area (Å²) in [5.74, 6) is 0. The second kappa shape index (κ2) is 22.7. The molecule has 0 bridgehead atoms. The summed E-state index contributed by atoms with van der Waals surface area (Å²) in [6, 6.07) is 0. The SMILES string of the molecule is CSC.O.O=[PH](O)O.[NaH]. The van der Waals surface area contributed by atoms with Crippen molar-refractivity contribution in [3.8, 4) is 0 Å². The van der Waals surface area contributed by atoms with Gasteiger partial charge in [-0.05, 0) is 12.5 Å². The Hall–Kier alpha value is 1.46. The monoisotopic (exact) mass is 186 g/mol. The first kappa shape index (κ1) is 22.4. The molecule has 0 aliphatic heterocycles. The molecule has 0 rings (SSSR count). The summed E-state index contributed by atoms with van der Waals surface area (Å²) < 4.78 is 8.74. The summed E-state index contributed by atoms with van der Waals surface area (Å²) >= 11 is 1.75. The minimum atomic E-state index is -3.13. The number of hydrogen-bond acceptors (Lipinski definition) is 2. The average Bonchev–Trinajstić information content (AvgIpc) is 1.33. The molecule has 0 amide bonds. The molecule has 9 heavy (non-hydrogen) atoms. The maximum absolute atomic E-state index is 8.74. The van der Waals surface area contributed by atoms with Crippen molar-refractivity contribution in [2.24, 2.45) is 0 Å². The van der Waals surface area contributed by atoms with Gasteiger partial charge in [0.05, 0.1) is 0 Å². The Morgan fingerprint density at radius 2 is 1.33 bits per heavy atom. The van der Waals surface area contributed by atoms with Gasteiger partial charge >= 0.3 is 37.8 Å². The molecule has 0 heterocycles. The van der Waals surface area contributed by atoms with E-state index in [1.54, 1.807) is 11.8 Å². The standard InChI is InChI=1S/C2H6S.Na.H3O3P.H2O.H/c1-3-2;;1-4(2)3;;/h1-2H3;;4H,(H2,1,2,3);1H2;. The summed E-state index contributed by atoms with van der Waals surface area (Å²) in [7, 11) is -3.13. The van der Waals surface area contributed by atoms with Crippen LogP contribution in [0.15, 0.2) is 0 Å². The molecule has 0 aliphatic carbocycles. The summed E-state index contributed by atoms with van der Waals surface area (Å²) in [5.41, 5.74) is 0. The Morgan fingerprint density at radius 3 is 1.33 bits per heavy atom. The van der Waals surface area contributed by atoms with Gasteiger partial charge in [-0.1, -0.05) is 0 Å². The first-order valence-corrected chi connectivity index (χ1v) is 4.40. The van der Waals surface area contributed by atoms with Gasteiger partial charge in [-0.25, -0.2) is 0 Å². The molecule has 0 aromatic heterocycles. The third kappa shape index (κ3) is 247. The molecule has 0 aromatic rings. The zero-order valence-corrected chi connectivity index (χ0v) is 6.53. The van der Waals surface area contributed by atoms with Crippen LogP contribution in [0.1, 0.15) is 0 Å². The Labute approximate surface area is 81.6 Å². The summed E-state index contributed by atoms with van der Waals surface area (Å²) in [6.45, 7) is 0. The van der Waals surface area contributed by atoms with E-state index in [1.165, 1.54) is 0 Å². The fourth-order valence-corrected chi connectivity index (χ4v) is 0. The Balaban J connectivity index is -0.0000000233. The van der Waals surface area contributed by atoms with Gasteiger partial charge in [-0.3, -0.25) is 4.57 Å². The van der Waals surface area contributed by atoms with Crippen LogP contribution < -0.4 is 0 Å². The first-order valence-electron chi connectivity index (χ1n) is 1.47. The van der Waals surface area contributed by atoms with Crippen LogP contribution in [0.2, 0.25) is 0 Å². The van der Waals surface area contributed by atoms with E-state index in [-0.39, 0.29) is 35.0 Å². The van der Waals surface area contributed by atoms with Crippen LogP contribution in [0, 0.1) is 0 Å². The molecule has 7 heteroatoms. The molecule has 0 saturated carbocycles. The van der Waals surface area contributed by atoms with Crippen molar-refractivity contribution >= 4 is 49.6 Å². The van der Waals surface area contributed by atoms with Crippen molar-refractivity contribution in [2.45, 2.75) is 0 Å². The predicted molar refractivity (Wildman–Crippen MR) is 43.6 cm³/mol. The van der Waals surface area contributed by atoms with E-state index in [0.29, 0.717) is 0 Å². The van der Waals surface area contributed by atoms with Crippen LogP contribution in [0.3, 0.4) is 0 Å². The van der Waals surface area contributed by atoms with Gasteiger partial charge in [0.15, 0.2) is 0 Å². The van der Waals surface area contributed by atoms with E-state index in [1.807, 2.05) is 12.5 Å². The summed E-state index contributed by atoms with van der Waals surface area (Å²) in [4.78, 5) is 14.3. The molecule has 0 fully saturated rings. The minimum absolute atomic E-state index is 0. The molecule has 0 aromatic carbocycles. The quantitative estimate of drug-likeness (QED) is 0.370. The normalized spacial score (nSPS) is 5.89. The molecule has 0 saturated heterocycles. The van der Waals surface area contributed by atoms with Gasteiger partial charge < -0.3 is 15.3 Å². The molecule has 4 N–H and O–H groups in total. The van der Waals surface area contributed by atoms with Gasteiger partial charge in [-0.15, -0.1) is 0 Å². The molecule has 0 spiro atoms. The topological polar surface area (TPSA) is 89.0 Å². The maximum atomic E-state index is 8.74. The van der Waals surface area contributed by atoms with Crippen LogP contribution in [0.5, 0.6) is 0 Å². The average molecular weight is 186 g/mol. The molecule has 0 aliphatic rings. The van der Waals surface area contributed by atoms with Gasteiger partial charge in [0.2, 0.25) is 0 Å². The molecule has 56 valence electrons. The van der Waals surface area contributed by atoms with Crippen LogP contribution >= 0.6 is 20.0 Å². The van der Waals surface area contributed by atoms with E-state index < -0.39 is 8.25 Å². The molecule has 0 unspecified atom stereocenters. The van der Waals surface area contributed by atoms with Crippen LogP contribution in [0.25, 0.3) is 0 Å². The number of thioether (sulfide) groups is 1. The van der Waals surface area contributed by atoms with E-state index in [0.717, 1.165) is 0 Å². The first-order chi connectivity index (χ1) is 3.15. The van der Waals surface area contributed by atoms with Crippen LogP contribution in [-0.4, -0.2) is 57.3 Å². The third-order valence-corrected chi connectivity index (χ3v) is 0. The molecule has 0 atom stereocenters. The van der Waals surface area contributed by atoms with E-state index in [9.17, 15) is 0 Å². The van der Waals surface area contributed by atoms with Crippen LogP contribution in [-0.2, 0) is 4.57 Å². The van der Waals surface area contributed by atoms with Crippen molar-refractivity contribution < 1.29 is 19.8 Å². The fraction of sp³-hybridized carbons (Fsp3) is 1.00. The van der Waals surface area contributed by atoms with Crippen molar-refractivity contribution in [1.82, 2.24) is 0 Å². The van der Waals surface area contributed by atoms with Gasteiger partial charge in [0.1, 0.15) is 0 Å². The number of hydrogen-bond donors (Lipinski definition) is 2. The molecular weight excluding hydrogens is 174 g/mol. The molecular formula is C2H12NaO4PS. The number of rotatable bonds is 0. The van der Waals surface area contributed by atoms with Crippen molar-refractivity contribution in [1.29, 1.82) is 0 Å². The van der Waals surface area contributed by atoms with Gasteiger partial charge in [0, 0.05) is 0 Å². The Kier molecular flexibility index (Phi) is 56.6. The van der Waals surface area contributed by atoms with E-state index >= 15 is 0 Å². The second-order valence-electron chi connectivity index (χ2n) is 0.691. The van der Waals surface area contributed by atoms with Gasteiger partial charge in [-0.2, -0.15) is 11.8 Å². The summed E-state index contributed by atoms with van der Waals surface area (Å²) in [6.07, 6.45) is 4.08. The fourth-order valence-electron chi connectivity index (χ4n) is 0. The zero-order chi connectivity index (χ0) is 6.28. The van der Waals surface area contributed by atoms with Gasteiger partial charge in [0.25, 0.3) is 0 Å². The van der Waals surface area contributed by atoms with Crippen LogP contribution in [0.4, 0.5) is 0 Å². The third-order valence-electron chi connectivity index (χ3n) is 0. The Morgan fingerprint density at radius 1 is 1.33 bits per heavy atom. The van der Waals surface area contributed by atoms with Crippen molar-refractivity contribution in [2.75, 3.05) is 12.5 Å². The Bertz CT molecular complexity index is 49.8. The van der Waals surface area contributed by atoms with E-state index in [4.69, 9.17) is 14.4 Å². The van der Waals surface area contributed by atoms with Crippen molar-refractivity contribution in [3.05, 3.63) is 0 Å². The molecule has 4 nitrogen and oxygen atoms in total. The van der Waals surface area contributed by atoms with E-state index in [2.05, 4.69) is 0 Å². The zero-order valence-electron chi connectivity index (χ0n) is 4.71. The second-order valence-corrected chi connectivity index (χ2v) is 2.07. The van der Waals surface area contributed by atoms with Crippen molar-refractivity contribution in [3.63, 3.8) is 0 Å².